The van der Waals surface area contributed by atoms with Crippen LogP contribution in [-0.4, -0.2) is 5.97 Å². The van der Waals surface area contributed by atoms with Crippen LogP contribution in [0.2, 0.25) is 0 Å². The molecule has 106 valence electrons. The zero-order chi connectivity index (χ0) is 13.6. The summed E-state index contributed by atoms with van der Waals surface area (Å²) in [4.78, 5) is 9.92. The fraction of sp³-hybridized carbons (Fsp3) is 0.467. The lowest BCUT2D eigenvalue weighted by molar-refractivity contribution is -0.305. The van der Waals surface area contributed by atoms with Gasteiger partial charge in [-0.15, -0.1) is 0 Å². The molecule has 0 bridgehead atoms. The number of hydrogen-bond donors (Lipinski definition) is 0. The van der Waals surface area contributed by atoms with Crippen molar-refractivity contribution in [3.8, 4) is 6.07 Å². The summed E-state index contributed by atoms with van der Waals surface area (Å²) >= 11 is 0. The summed E-state index contributed by atoms with van der Waals surface area (Å²) in [5.74, 6) is -0.920. The molecule has 0 amide bonds. The van der Waals surface area contributed by atoms with E-state index in [1.807, 2.05) is 24.3 Å². The van der Waals surface area contributed by atoms with E-state index in [0.29, 0.717) is 5.56 Å². The van der Waals surface area contributed by atoms with Gasteiger partial charge in [0.2, 0.25) is 24.0 Å². The Hall–Kier alpha value is -1.09. The third kappa shape index (κ3) is 14.9. The minimum atomic E-state index is -0.920. The average Bonchev–Trinajstić information content (AvgIpc) is 2.40. The Balaban J connectivity index is 0. The number of rotatable bonds is 6. The first-order valence-electron chi connectivity index (χ1n) is 6.35. The number of carboxylic acid groups (broad SMARTS) is 1. The van der Waals surface area contributed by atoms with Crippen molar-refractivity contribution in [3.63, 3.8) is 0 Å². The largest absolute Gasteiger partial charge is 0.550 e. The number of hydrogen-bond acceptors (Lipinski definition) is 3. The van der Waals surface area contributed by atoms with E-state index in [9.17, 15) is 9.90 Å². The Morgan fingerprint density at radius 2 is 1.74 bits per heavy atom. The molecule has 0 aromatic heterocycles. The molecule has 0 radical (unpaired) electrons. The number of nitriles is 1. The van der Waals surface area contributed by atoms with Gasteiger partial charge in [-0.25, -0.2) is 0 Å². The second kappa shape index (κ2) is 15.0. The van der Waals surface area contributed by atoms with Crippen molar-refractivity contribution in [2.24, 2.45) is 0 Å². The van der Waals surface area contributed by atoms with Gasteiger partial charge in [-0.1, -0.05) is 50.8 Å². The van der Waals surface area contributed by atoms with Crippen molar-refractivity contribution in [1.82, 2.24) is 0 Å². The molecular weight excluding hydrogens is 353 g/mol. The highest BCUT2D eigenvalue weighted by Gasteiger charge is 1.88. The van der Waals surface area contributed by atoms with Crippen LogP contribution in [0, 0.1) is 11.3 Å². The molecule has 0 fully saturated rings. The van der Waals surface area contributed by atoms with Gasteiger partial charge in [-0.2, -0.15) is 5.26 Å². The van der Waals surface area contributed by atoms with Crippen molar-refractivity contribution in [3.05, 3.63) is 35.9 Å². The maximum atomic E-state index is 9.92. The van der Waals surface area contributed by atoms with Gasteiger partial charge < -0.3 is 9.90 Å². The lowest BCUT2D eigenvalue weighted by Crippen LogP contribution is -3.00. The first-order valence-corrected chi connectivity index (χ1v) is 6.35. The second-order valence-electron chi connectivity index (χ2n) is 4.01. The predicted molar refractivity (Wildman–Crippen MR) is 72.3 cm³/mol. The van der Waals surface area contributed by atoms with Gasteiger partial charge >= 0.3 is 0 Å². The van der Waals surface area contributed by atoms with Crippen molar-refractivity contribution in [2.45, 2.75) is 45.4 Å². The van der Waals surface area contributed by atoms with E-state index in [1.165, 1.54) is 12.8 Å². The highest BCUT2D eigenvalue weighted by atomic mass is 127. The molecule has 0 saturated carbocycles. The normalized spacial score (nSPS) is 8.42. The summed E-state index contributed by atoms with van der Waals surface area (Å²) < 4.78 is 0. The minimum absolute atomic E-state index is 0. The van der Waals surface area contributed by atoms with Gasteiger partial charge in [0, 0.05) is 5.97 Å². The quantitative estimate of drug-likeness (QED) is 0.480. The van der Waals surface area contributed by atoms with Crippen LogP contribution >= 0.6 is 0 Å². The standard InChI is InChI=1S/C8H16O2.C7H5N.H2I/c1-2-3-4-5-6-7-8(9)10;8-6-7-4-2-1-3-5-7;/h2-7H2,1H3,(H,9,10);1-5H;1H2/q;;+1/p-1. The summed E-state index contributed by atoms with van der Waals surface area (Å²) in [5, 5.41) is 18.2. The molecule has 0 heterocycles. The first-order chi connectivity index (χ1) is 8.70. The van der Waals surface area contributed by atoms with E-state index in [2.05, 4.69) is 6.92 Å². The number of benzene rings is 1. The molecule has 3 nitrogen and oxygen atoms in total. The van der Waals surface area contributed by atoms with Gasteiger partial charge in [-0.05, 0) is 25.0 Å². The number of carbonyl (C=O) groups is 1. The van der Waals surface area contributed by atoms with Crippen LogP contribution in [0.4, 0.5) is 0 Å². The molecular formula is C15H22INO2. The monoisotopic (exact) mass is 375 g/mol. The smallest absolute Gasteiger partial charge is 0.235 e. The fourth-order valence-electron chi connectivity index (χ4n) is 1.39. The van der Waals surface area contributed by atoms with E-state index in [4.69, 9.17) is 5.26 Å². The molecule has 1 rings (SSSR count). The molecule has 4 heteroatoms. The third-order valence-corrected chi connectivity index (χ3v) is 2.39. The van der Waals surface area contributed by atoms with E-state index in [0.717, 1.165) is 19.3 Å². The van der Waals surface area contributed by atoms with Crippen LogP contribution in [0.1, 0.15) is 51.0 Å². The van der Waals surface area contributed by atoms with E-state index >= 15 is 0 Å². The van der Waals surface area contributed by atoms with Crippen LogP contribution in [0.3, 0.4) is 0 Å². The fourth-order valence-corrected chi connectivity index (χ4v) is 1.39. The molecule has 0 spiro atoms. The highest BCUT2D eigenvalue weighted by Crippen LogP contribution is 2.03. The van der Waals surface area contributed by atoms with Crippen molar-refractivity contribution in [2.75, 3.05) is 0 Å². The summed E-state index contributed by atoms with van der Waals surface area (Å²) in [6.07, 6.45) is 5.61. The molecule has 1 aromatic rings. The second-order valence-corrected chi connectivity index (χ2v) is 4.01. The number of nitrogens with zero attached hydrogens (tertiary/aromatic N) is 1. The summed E-state index contributed by atoms with van der Waals surface area (Å²) in [5.41, 5.74) is 0.715. The average molecular weight is 375 g/mol. The van der Waals surface area contributed by atoms with Crippen molar-refractivity contribution >= 4 is 5.97 Å². The zero-order valence-corrected chi connectivity index (χ0v) is 13.9. The van der Waals surface area contributed by atoms with Crippen molar-refractivity contribution < 1.29 is 33.9 Å². The predicted octanol–water partition coefficient (Wildman–Crippen LogP) is -0.876. The van der Waals surface area contributed by atoms with Gasteiger partial charge in [-0.3, -0.25) is 0 Å². The first kappa shape index (κ1) is 20.2. The number of aliphatic carboxylic acids is 1. The minimum Gasteiger partial charge on any atom is -0.550 e. The molecule has 1 aromatic carbocycles. The van der Waals surface area contributed by atoms with Crippen LogP contribution in [0.15, 0.2) is 30.3 Å². The maximum absolute atomic E-state index is 9.92. The molecule has 0 N–H and O–H groups in total. The number of halogens is 1. The molecule has 0 unspecified atom stereocenters. The topological polar surface area (TPSA) is 63.9 Å². The molecule has 19 heavy (non-hydrogen) atoms. The van der Waals surface area contributed by atoms with Gasteiger partial charge in [0.15, 0.2) is 0 Å². The Labute approximate surface area is 132 Å². The van der Waals surface area contributed by atoms with E-state index < -0.39 is 5.97 Å². The lowest BCUT2D eigenvalue weighted by Gasteiger charge is -2.00. The van der Waals surface area contributed by atoms with E-state index in [1.54, 1.807) is 12.1 Å². The summed E-state index contributed by atoms with van der Waals surface area (Å²) in [6.45, 7) is 2.14. The molecule has 0 aliphatic heterocycles. The number of unbranched alkanes of at least 4 members (excludes halogenated alkanes) is 4. The molecule has 0 aliphatic carbocycles. The van der Waals surface area contributed by atoms with Gasteiger partial charge in [0.05, 0.1) is 11.6 Å². The molecule has 0 aliphatic rings. The lowest BCUT2D eigenvalue weighted by atomic mass is 10.1. The Morgan fingerprint density at radius 3 is 2.16 bits per heavy atom. The number of carbonyl (C=O) groups excluding carboxylic acids is 1. The van der Waals surface area contributed by atoms with Crippen LogP contribution < -0.4 is 29.1 Å². The van der Waals surface area contributed by atoms with Crippen LogP contribution in [0.5, 0.6) is 0 Å². The van der Waals surface area contributed by atoms with Gasteiger partial charge in [0.1, 0.15) is 0 Å². The van der Waals surface area contributed by atoms with Crippen molar-refractivity contribution in [1.29, 1.82) is 5.26 Å². The summed E-state index contributed by atoms with van der Waals surface area (Å²) in [7, 11) is 0. The van der Waals surface area contributed by atoms with Gasteiger partial charge in [0.25, 0.3) is 0 Å². The zero-order valence-electron chi connectivity index (χ0n) is 11.3. The maximum Gasteiger partial charge on any atom is 0.235 e. The Kier molecular flexibility index (Phi) is 15.9. The SMILES string of the molecule is CCCCCCCC(=O)[O-].N#Cc1ccccc1.[IH2+]. The molecule has 0 atom stereocenters. The molecule has 0 saturated heterocycles. The van der Waals surface area contributed by atoms with Crippen LogP contribution in [0.25, 0.3) is 0 Å². The number of carboxylic acids is 1. The summed E-state index contributed by atoms with van der Waals surface area (Å²) in [6, 6.07) is 11.2. The highest BCUT2D eigenvalue weighted by molar-refractivity contribution is 5.63. The van der Waals surface area contributed by atoms with E-state index in [-0.39, 0.29) is 30.4 Å². The third-order valence-electron chi connectivity index (χ3n) is 2.39. The Bertz CT molecular complexity index is 360. The van der Waals surface area contributed by atoms with Crippen LogP contribution in [-0.2, 0) is 4.79 Å². The Morgan fingerprint density at radius 1 is 1.16 bits per heavy atom.